The second-order valence-electron chi connectivity index (χ2n) is 6.38. The zero-order valence-corrected chi connectivity index (χ0v) is 14.8. The van der Waals surface area contributed by atoms with E-state index in [4.69, 9.17) is 9.47 Å². The summed E-state index contributed by atoms with van der Waals surface area (Å²) < 4.78 is 10.5. The van der Waals surface area contributed by atoms with Crippen molar-refractivity contribution >= 4 is 29.4 Å². The van der Waals surface area contributed by atoms with Gasteiger partial charge in [0.05, 0.1) is 16.8 Å². The molecule has 8 nitrogen and oxygen atoms in total. The zero-order valence-electron chi connectivity index (χ0n) is 14.8. The molecule has 8 heteroatoms. The summed E-state index contributed by atoms with van der Waals surface area (Å²) in [7, 11) is 0. The van der Waals surface area contributed by atoms with Crippen molar-refractivity contribution in [2.45, 2.75) is 12.8 Å². The molecule has 28 heavy (non-hydrogen) atoms. The monoisotopic (exact) mass is 380 g/mol. The summed E-state index contributed by atoms with van der Waals surface area (Å²) >= 11 is 0. The van der Waals surface area contributed by atoms with Crippen molar-refractivity contribution in [2.24, 2.45) is 0 Å². The number of hydrogen-bond acceptors (Lipinski definition) is 6. The van der Waals surface area contributed by atoms with E-state index in [-0.39, 0.29) is 37.3 Å². The van der Waals surface area contributed by atoms with Crippen LogP contribution >= 0.6 is 0 Å². The van der Waals surface area contributed by atoms with E-state index in [9.17, 15) is 19.2 Å². The lowest BCUT2D eigenvalue weighted by molar-refractivity contribution is -0.134. The van der Waals surface area contributed by atoms with Gasteiger partial charge in [-0.3, -0.25) is 24.1 Å². The highest BCUT2D eigenvalue weighted by molar-refractivity contribution is 6.21. The molecule has 0 atom stereocenters. The van der Waals surface area contributed by atoms with E-state index in [1.807, 2.05) is 0 Å². The summed E-state index contributed by atoms with van der Waals surface area (Å²) in [4.78, 5) is 49.0. The Bertz CT molecular complexity index is 965. The van der Waals surface area contributed by atoms with Gasteiger partial charge in [-0.25, -0.2) is 0 Å². The lowest BCUT2D eigenvalue weighted by atomic mass is 10.1. The summed E-state index contributed by atoms with van der Waals surface area (Å²) in [5.41, 5.74) is 1.29. The van der Waals surface area contributed by atoms with Gasteiger partial charge < -0.3 is 14.8 Å². The number of imide groups is 1. The number of carbonyl (C=O) groups excluding carboxylic acids is 4. The minimum absolute atomic E-state index is 0.0437. The third-order valence-electron chi connectivity index (χ3n) is 4.46. The van der Waals surface area contributed by atoms with Crippen LogP contribution in [-0.4, -0.2) is 41.7 Å². The molecular weight excluding hydrogens is 364 g/mol. The summed E-state index contributed by atoms with van der Waals surface area (Å²) in [6, 6.07) is 11.3. The average Bonchev–Trinajstić information content (AvgIpc) is 2.93. The average molecular weight is 380 g/mol. The quantitative estimate of drug-likeness (QED) is 0.484. The third-order valence-corrected chi connectivity index (χ3v) is 4.46. The molecule has 0 saturated heterocycles. The molecule has 0 fully saturated rings. The number of nitrogens with one attached hydrogen (secondary N) is 1. The van der Waals surface area contributed by atoms with Crippen LogP contribution < -0.4 is 14.8 Å². The van der Waals surface area contributed by atoms with Crippen LogP contribution in [0.15, 0.2) is 42.5 Å². The van der Waals surface area contributed by atoms with Crippen molar-refractivity contribution in [1.82, 2.24) is 4.90 Å². The maximum atomic E-state index is 12.3. The first-order chi connectivity index (χ1) is 13.5. The van der Waals surface area contributed by atoms with E-state index < -0.39 is 5.97 Å². The molecule has 0 spiro atoms. The summed E-state index contributed by atoms with van der Waals surface area (Å²) in [5, 5.41) is 2.65. The SMILES string of the molecule is O=C1COc2cc(OC(=O)CCCN3C(=O)c4ccccc4C3=O)ccc2N1. The first-order valence-electron chi connectivity index (χ1n) is 8.75. The minimum atomic E-state index is -0.489. The molecule has 0 saturated carbocycles. The second-order valence-corrected chi connectivity index (χ2v) is 6.38. The molecule has 142 valence electrons. The molecule has 4 rings (SSSR count). The number of esters is 1. The Morgan fingerprint density at radius 2 is 1.79 bits per heavy atom. The van der Waals surface area contributed by atoms with E-state index >= 15 is 0 Å². The van der Waals surface area contributed by atoms with Crippen LogP contribution in [0.2, 0.25) is 0 Å². The fourth-order valence-electron chi connectivity index (χ4n) is 3.12. The smallest absolute Gasteiger partial charge is 0.311 e. The normalized spacial score (nSPS) is 14.9. The molecule has 2 aromatic rings. The van der Waals surface area contributed by atoms with Gasteiger partial charge in [0.2, 0.25) is 0 Å². The van der Waals surface area contributed by atoms with Gasteiger partial charge in [0.1, 0.15) is 11.5 Å². The van der Waals surface area contributed by atoms with Crippen LogP contribution in [0.4, 0.5) is 5.69 Å². The number of fused-ring (bicyclic) bond motifs is 2. The van der Waals surface area contributed by atoms with Crippen molar-refractivity contribution in [2.75, 3.05) is 18.5 Å². The first kappa shape index (κ1) is 17.7. The standard InChI is InChI=1S/C20H16N2O6/c23-17-11-27-16-10-12(7-8-15(16)21-17)28-18(24)6-3-9-22-19(25)13-4-1-2-5-14(13)20(22)26/h1-2,4-5,7-8,10H,3,6,9,11H2,(H,21,23). The maximum absolute atomic E-state index is 12.3. The highest BCUT2D eigenvalue weighted by Crippen LogP contribution is 2.31. The number of hydrogen-bond donors (Lipinski definition) is 1. The molecule has 1 N–H and O–H groups in total. The Morgan fingerprint density at radius 3 is 2.50 bits per heavy atom. The van der Waals surface area contributed by atoms with Crippen molar-refractivity contribution in [1.29, 1.82) is 0 Å². The summed E-state index contributed by atoms with van der Waals surface area (Å²) in [6.45, 7) is 0.0471. The predicted molar refractivity (Wildman–Crippen MR) is 97.2 cm³/mol. The van der Waals surface area contributed by atoms with Crippen molar-refractivity contribution in [3.63, 3.8) is 0 Å². The molecule has 2 aliphatic heterocycles. The van der Waals surface area contributed by atoms with Crippen LogP contribution in [0.1, 0.15) is 33.6 Å². The Labute approximate surface area is 160 Å². The molecule has 2 aliphatic rings. The van der Waals surface area contributed by atoms with E-state index in [0.717, 1.165) is 4.90 Å². The Hall–Kier alpha value is -3.68. The number of anilines is 1. The number of amides is 3. The molecule has 0 unspecified atom stereocenters. The van der Waals surface area contributed by atoms with Crippen LogP contribution in [0.25, 0.3) is 0 Å². The molecule has 0 aliphatic carbocycles. The van der Waals surface area contributed by atoms with Gasteiger partial charge in [-0.15, -0.1) is 0 Å². The van der Waals surface area contributed by atoms with E-state index in [0.29, 0.717) is 34.7 Å². The van der Waals surface area contributed by atoms with Gasteiger partial charge in [-0.05, 0) is 30.7 Å². The molecular formula is C20H16N2O6. The first-order valence-corrected chi connectivity index (χ1v) is 8.75. The van der Waals surface area contributed by atoms with Crippen molar-refractivity contribution < 1.29 is 28.7 Å². The predicted octanol–water partition coefficient (Wildman–Crippen LogP) is 2.00. The van der Waals surface area contributed by atoms with Gasteiger partial charge in [0.15, 0.2) is 6.61 Å². The van der Waals surface area contributed by atoms with Crippen LogP contribution in [0.5, 0.6) is 11.5 Å². The van der Waals surface area contributed by atoms with Gasteiger partial charge in [-0.1, -0.05) is 12.1 Å². The minimum Gasteiger partial charge on any atom is -0.481 e. The highest BCUT2D eigenvalue weighted by atomic mass is 16.5. The lowest BCUT2D eigenvalue weighted by Gasteiger charge is -2.18. The maximum Gasteiger partial charge on any atom is 0.311 e. The number of benzene rings is 2. The number of carbonyl (C=O) groups is 4. The number of nitrogens with zero attached hydrogens (tertiary/aromatic N) is 1. The molecule has 0 aromatic heterocycles. The van der Waals surface area contributed by atoms with E-state index in [1.54, 1.807) is 36.4 Å². The topological polar surface area (TPSA) is 102 Å². The van der Waals surface area contributed by atoms with Crippen LogP contribution in [0, 0.1) is 0 Å². The van der Waals surface area contributed by atoms with Crippen molar-refractivity contribution in [3.8, 4) is 11.5 Å². The number of ether oxygens (including phenoxy) is 2. The molecule has 0 radical (unpaired) electrons. The van der Waals surface area contributed by atoms with E-state index in [2.05, 4.69) is 5.32 Å². The Balaban J connectivity index is 1.31. The number of rotatable bonds is 5. The van der Waals surface area contributed by atoms with Crippen molar-refractivity contribution in [3.05, 3.63) is 53.6 Å². The van der Waals surface area contributed by atoms with Crippen LogP contribution in [0.3, 0.4) is 0 Å². The molecule has 2 aromatic carbocycles. The fraction of sp³-hybridized carbons (Fsp3) is 0.200. The second kappa shape index (κ2) is 7.15. The molecule has 3 amide bonds. The van der Waals surface area contributed by atoms with Gasteiger partial charge >= 0.3 is 5.97 Å². The highest BCUT2D eigenvalue weighted by Gasteiger charge is 2.34. The Morgan fingerprint density at radius 1 is 1.07 bits per heavy atom. The van der Waals surface area contributed by atoms with Gasteiger partial charge in [0, 0.05) is 19.0 Å². The summed E-state index contributed by atoms with van der Waals surface area (Å²) in [6.07, 6.45) is 0.337. The lowest BCUT2D eigenvalue weighted by Crippen LogP contribution is -2.31. The van der Waals surface area contributed by atoms with Gasteiger partial charge in [0.25, 0.3) is 17.7 Å². The largest absolute Gasteiger partial charge is 0.481 e. The Kier molecular flexibility index (Phi) is 4.52. The third kappa shape index (κ3) is 3.32. The van der Waals surface area contributed by atoms with Gasteiger partial charge in [-0.2, -0.15) is 0 Å². The molecule has 2 heterocycles. The summed E-state index contributed by atoms with van der Waals surface area (Å²) in [5.74, 6) is -0.705. The van der Waals surface area contributed by atoms with E-state index in [1.165, 1.54) is 6.07 Å². The molecule has 0 bridgehead atoms. The zero-order chi connectivity index (χ0) is 19.7. The van der Waals surface area contributed by atoms with Crippen LogP contribution in [-0.2, 0) is 9.59 Å². The fourth-order valence-corrected chi connectivity index (χ4v) is 3.12.